The van der Waals surface area contributed by atoms with Crippen LogP contribution in [0.4, 0.5) is 5.69 Å². The van der Waals surface area contributed by atoms with E-state index >= 15 is 0 Å². The van der Waals surface area contributed by atoms with Gasteiger partial charge in [0.1, 0.15) is 0 Å². The number of thioether (sulfide) groups is 1. The molecule has 0 fully saturated rings. The Hall–Kier alpha value is -1.16. The molecule has 1 aromatic carbocycles. The first kappa shape index (κ1) is 10.9. The lowest BCUT2D eigenvalue weighted by Crippen LogP contribution is -2.07. The quantitative estimate of drug-likeness (QED) is 0.613. The molecule has 2 N–H and O–H groups in total. The van der Waals surface area contributed by atoms with E-state index in [-0.39, 0.29) is 5.97 Å². The maximum absolute atomic E-state index is 11.3. The molecule has 3 nitrogen and oxygen atoms in total. The Morgan fingerprint density at radius 2 is 2.29 bits per heavy atom. The van der Waals surface area contributed by atoms with E-state index in [1.165, 1.54) is 7.11 Å². The number of methoxy groups -OCH3 is 1. The van der Waals surface area contributed by atoms with E-state index in [1.807, 2.05) is 18.4 Å². The molecule has 0 saturated heterocycles. The number of carbonyl (C=O) groups excluding carboxylic acids is 1. The summed E-state index contributed by atoms with van der Waals surface area (Å²) in [5, 5.41) is 0. The van der Waals surface area contributed by atoms with Crippen LogP contribution in [0, 0.1) is 0 Å². The summed E-state index contributed by atoms with van der Waals surface area (Å²) in [6, 6.07) is 5.40. The van der Waals surface area contributed by atoms with Gasteiger partial charge in [0.2, 0.25) is 0 Å². The highest BCUT2D eigenvalue weighted by Crippen LogP contribution is 2.21. The molecular weight excluding hydrogens is 198 g/mol. The zero-order valence-electron chi connectivity index (χ0n) is 8.24. The highest BCUT2D eigenvalue weighted by molar-refractivity contribution is 7.97. The fourth-order valence-corrected chi connectivity index (χ4v) is 1.75. The molecule has 0 heterocycles. The lowest BCUT2D eigenvalue weighted by Gasteiger charge is -2.08. The second kappa shape index (κ2) is 4.91. The fraction of sp³-hybridized carbons (Fsp3) is 0.300. The maximum atomic E-state index is 11.3. The summed E-state index contributed by atoms with van der Waals surface area (Å²) in [6.07, 6.45) is 1.99. The van der Waals surface area contributed by atoms with Gasteiger partial charge in [0, 0.05) is 5.75 Å². The Balaban J connectivity index is 3.07. The third-order valence-corrected chi connectivity index (χ3v) is 2.50. The number of hydrogen-bond donors (Lipinski definition) is 1. The van der Waals surface area contributed by atoms with E-state index in [9.17, 15) is 4.79 Å². The number of nitrogens with two attached hydrogens (primary N) is 1. The van der Waals surface area contributed by atoms with Gasteiger partial charge in [0.25, 0.3) is 0 Å². The Labute approximate surface area is 87.6 Å². The van der Waals surface area contributed by atoms with E-state index in [0.29, 0.717) is 11.3 Å². The molecule has 0 saturated carbocycles. The average molecular weight is 211 g/mol. The number of para-hydroxylation sites is 1. The minimum atomic E-state index is -0.384. The van der Waals surface area contributed by atoms with Gasteiger partial charge >= 0.3 is 5.97 Å². The first-order valence-corrected chi connectivity index (χ1v) is 5.54. The molecule has 0 amide bonds. The van der Waals surface area contributed by atoms with E-state index in [2.05, 4.69) is 4.74 Å². The van der Waals surface area contributed by atoms with Crippen LogP contribution in [0.2, 0.25) is 0 Å². The van der Waals surface area contributed by atoms with Crippen LogP contribution < -0.4 is 5.73 Å². The largest absolute Gasteiger partial charge is 0.465 e. The standard InChI is InChI=1S/C10H13NO2S/c1-13-10(12)8-5-3-4-7(6-14-2)9(8)11/h3-5H,6,11H2,1-2H3. The molecule has 0 bridgehead atoms. The predicted molar refractivity (Wildman–Crippen MR) is 59.4 cm³/mol. The van der Waals surface area contributed by atoms with E-state index < -0.39 is 0 Å². The maximum Gasteiger partial charge on any atom is 0.339 e. The molecule has 76 valence electrons. The molecule has 0 aliphatic carbocycles. The first-order valence-electron chi connectivity index (χ1n) is 4.15. The van der Waals surface area contributed by atoms with E-state index in [0.717, 1.165) is 11.3 Å². The van der Waals surface area contributed by atoms with Crippen molar-refractivity contribution in [3.05, 3.63) is 29.3 Å². The van der Waals surface area contributed by atoms with Gasteiger partial charge in [-0.05, 0) is 17.9 Å². The minimum absolute atomic E-state index is 0.384. The molecule has 0 radical (unpaired) electrons. The number of benzene rings is 1. The summed E-state index contributed by atoms with van der Waals surface area (Å²) in [6.45, 7) is 0. The predicted octanol–water partition coefficient (Wildman–Crippen LogP) is 1.92. The van der Waals surface area contributed by atoms with Gasteiger partial charge in [-0.15, -0.1) is 0 Å². The van der Waals surface area contributed by atoms with Crippen LogP contribution in [-0.2, 0) is 10.5 Å². The van der Waals surface area contributed by atoms with Crippen molar-refractivity contribution in [1.82, 2.24) is 0 Å². The normalized spacial score (nSPS) is 9.86. The number of carbonyl (C=O) groups is 1. The number of hydrogen-bond acceptors (Lipinski definition) is 4. The Bertz CT molecular complexity index is 339. The SMILES string of the molecule is COC(=O)c1cccc(CSC)c1N. The van der Waals surface area contributed by atoms with Crippen molar-refractivity contribution in [2.24, 2.45) is 0 Å². The third kappa shape index (κ3) is 2.20. The minimum Gasteiger partial charge on any atom is -0.465 e. The van der Waals surface area contributed by atoms with E-state index in [1.54, 1.807) is 17.8 Å². The molecule has 4 heteroatoms. The summed E-state index contributed by atoms with van der Waals surface area (Å²) < 4.78 is 4.62. The molecule has 0 unspecified atom stereocenters. The van der Waals surface area contributed by atoms with Crippen LogP contribution in [0.3, 0.4) is 0 Å². The summed E-state index contributed by atoms with van der Waals surface area (Å²) in [5.74, 6) is 0.418. The van der Waals surface area contributed by atoms with Crippen LogP contribution >= 0.6 is 11.8 Å². The average Bonchev–Trinajstić information content (AvgIpc) is 2.20. The third-order valence-electron chi connectivity index (χ3n) is 1.90. The molecule has 14 heavy (non-hydrogen) atoms. The fourth-order valence-electron chi connectivity index (χ4n) is 1.18. The van der Waals surface area contributed by atoms with Crippen LogP contribution in [0.5, 0.6) is 0 Å². The molecule has 0 aromatic heterocycles. The van der Waals surface area contributed by atoms with Gasteiger partial charge in [0.05, 0.1) is 18.4 Å². The number of ether oxygens (including phenoxy) is 1. The molecule has 0 spiro atoms. The van der Waals surface area contributed by atoms with Crippen molar-refractivity contribution in [3.63, 3.8) is 0 Å². The molecule has 0 aliphatic rings. The van der Waals surface area contributed by atoms with Crippen molar-refractivity contribution in [2.75, 3.05) is 19.1 Å². The summed E-state index contributed by atoms with van der Waals surface area (Å²) in [5.41, 5.74) is 7.77. The van der Waals surface area contributed by atoms with Crippen molar-refractivity contribution in [2.45, 2.75) is 5.75 Å². The van der Waals surface area contributed by atoms with Crippen LogP contribution in [-0.4, -0.2) is 19.3 Å². The smallest absolute Gasteiger partial charge is 0.339 e. The second-order valence-electron chi connectivity index (χ2n) is 2.80. The topological polar surface area (TPSA) is 52.3 Å². The number of rotatable bonds is 3. The zero-order valence-corrected chi connectivity index (χ0v) is 9.06. The van der Waals surface area contributed by atoms with Gasteiger partial charge in [-0.1, -0.05) is 12.1 Å². The Kier molecular flexibility index (Phi) is 3.83. The Morgan fingerprint density at radius 1 is 1.57 bits per heavy atom. The zero-order chi connectivity index (χ0) is 10.6. The van der Waals surface area contributed by atoms with Crippen LogP contribution in [0.1, 0.15) is 15.9 Å². The number of nitrogen functional groups attached to an aromatic ring is 1. The lowest BCUT2D eigenvalue weighted by molar-refractivity contribution is 0.0602. The summed E-state index contributed by atoms with van der Waals surface area (Å²) in [7, 11) is 1.35. The summed E-state index contributed by atoms with van der Waals surface area (Å²) >= 11 is 1.66. The Morgan fingerprint density at radius 3 is 2.86 bits per heavy atom. The van der Waals surface area contributed by atoms with E-state index in [4.69, 9.17) is 5.73 Å². The molecule has 0 atom stereocenters. The van der Waals surface area contributed by atoms with Gasteiger partial charge < -0.3 is 10.5 Å². The van der Waals surface area contributed by atoms with Gasteiger partial charge in [0.15, 0.2) is 0 Å². The second-order valence-corrected chi connectivity index (χ2v) is 3.67. The van der Waals surface area contributed by atoms with Gasteiger partial charge in [-0.25, -0.2) is 4.79 Å². The molecular formula is C10H13NO2S. The monoisotopic (exact) mass is 211 g/mol. The highest BCUT2D eigenvalue weighted by atomic mass is 32.2. The van der Waals surface area contributed by atoms with Gasteiger partial charge in [-0.2, -0.15) is 11.8 Å². The molecule has 0 aliphatic heterocycles. The summed E-state index contributed by atoms with van der Waals surface area (Å²) in [4.78, 5) is 11.3. The van der Waals surface area contributed by atoms with Crippen molar-refractivity contribution < 1.29 is 9.53 Å². The van der Waals surface area contributed by atoms with Crippen molar-refractivity contribution in [3.8, 4) is 0 Å². The first-order chi connectivity index (χ1) is 6.70. The van der Waals surface area contributed by atoms with Crippen LogP contribution in [0.25, 0.3) is 0 Å². The molecule has 1 aromatic rings. The van der Waals surface area contributed by atoms with Crippen LogP contribution in [0.15, 0.2) is 18.2 Å². The molecule has 1 rings (SSSR count). The van der Waals surface area contributed by atoms with Crippen molar-refractivity contribution in [1.29, 1.82) is 0 Å². The number of esters is 1. The van der Waals surface area contributed by atoms with Gasteiger partial charge in [-0.3, -0.25) is 0 Å². The highest BCUT2D eigenvalue weighted by Gasteiger charge is 2.11. The van der Waals surface area contributed by atoms with Crippen molar-refractivity contribution >= 4 is 23.4 Å². The number of anilines is 1. The lowest BCUT2D eigenvalue weighted by atomic mass is 10.1.